The summed E-state index contributed by atoms with van der Waals surface area (Å²) in [6, 6.07) is 39.5. The third-order valence-corrected chi connectivity index (χ3v) is 7.44. The number of hydrogen-bond donors (Lipinski definition) is 0. The fourth-order valence-corrected chi connectivity index (χ4v) is 5.52. The highest BCUT2D eigenvalue weighted by atomic mass is 15.0. The average Bonchev–Trinajstić information content (AvgIpc) is 3.34. The molecule has 5 aromatic carbocycles. The largest absolute Gasteiger partial charge is 0.309 e. The van der Waals surface area contributed by atoms with Gasteiger partial charge >= 0.3 is 0 Å². The molecule has 0 saturated heterocycles. The van der Waals surface area contributed by atoms with Crippen molar-refractivity contribution in [2.75, 3.05) is 0 Å². The van der Waals surface area contributed by atoms with Crippen LogP contribution in [-0.4, -0.2) is 4.57 Å². The summed E-state index contributed by atoms with van der Waals surface area (Å²) >= 11 is 0. The molecular weight excluding hydrogens is 470 g/mol. The molecule has 0 aliphatic rings. The van der Waals surface area contributed by atoms with Crippen LogP contribution in [0.4, 0.5) is 0 Å². The molecule has 188 valence electrons. The summed E-state index contributed by atoms with van der Waals surface area (Å²) in [7, 11) is 0. The minimum Gasteiger partial charge on any atom is -0.309 e. The lowest BCUT2D eigenvalue weighted by molar-refractivity contribution is 1.19. The van der Waals surface area contributed by atoms with Gasteiger partial charge in [-0.1, -0.05) is 116 Å². The predicted octanol–water partition coefficient (Wildman–Crippen LogP) is 10.7. The summed E-state index contributed by atoms with van der Waals surface area (Å²) < 4.78 is 2.43. The maximum Gasteiger partial charge on any atom is 0.0619 e. The number of allylic oxidation sites excluding steroid dienone is 7. The van der Waals surface area contributed by atoms with Crippen molar-refractivity contribution in [1.82, 2.24) is 4.57 Å². The van der Waals surface area contributed by atoms with Crippen molar-refractivity contribution in [2.45, 2.75) is 13.8 Å². The molecule has 0 aliphatic heterocycles. The summed E-state index contributed by atoms with van der Waals surface area (Å²) in [5.74, 6) is 0. The summed E-state index contributed by atoms with van der Waals surface area (Å²) in [4.78, 5) is 0. The van der Waals surface area contributed by atoms with Crippen molar-refractivity contribution >= 4 is 38.2 Å². The third kappa shape index (κ3) is 4.43. The molecule has 1 nitrogen and oxygen atoms in total. The van der Waals surface area contributed by atoms with E-state index in [0.29, 0.717) is 0 Å². The molecule has 39 heavy (non-hydrogen) atoms. The first kappa shape index (κ1) is 24.5. The number of para-hydroxylation sites is 1. The van der Waals surface area contributed by atoms with Crippen LogP contribution >= 0.6 is 0 Å². The fourth-order valence-electron chi connectivity index (χ4n) is 5.52. The van der Waals surface area contributed by atoms with Crippen LogP contribution in [0.25, 0.3) is 55.0 Å². The van der Waals surface area contributed by atoms with Gasteiger partial charge in [0.15, 0.2) is 0 Å². The van der Waals surface area contributed by atoms with E-state index in [9.17, 15) is 0 Å². The van der Waals surface area contributed by atoms with Crippen LogP contribution in [0.5, 0.6) is 0 Å². The summed E-state index contributed by atoms with van der Waals surface area (Å²) in [6.45, 7) is 8.09. The molecule has 1 aromatic heterocycles. The maximum absolute atomic E-state index is 3.98. The van der Waals surface area contributed by atoms with E-state index in [1.165, 1.54) is 49.3 Å². The van der Waals surface area contributed by atoms with E-state index in [4.69, 9.17) is 0 Å². The number of rotatable bonds is 6. The predicted molar refractivity (Wildman–Crippen MR) is 170 cm³/mol. The Kier molecular flexibility index (Phi) is 6.57. The van der Waals surface area contributed by atoms with Crippen LogP contribution in [0.15, 0.2) is 152 Å². The van der Waals surface area contributed by atoms with Crippen LogP contribution in [0.3, 0.4) is 0 Å². The Hall–Kier alpha value is -4.88. The van der Waals surface area contributed by atoms with E-state index in [1.807, 2.05) is 13.0 Å². The molecule has 0 unspecified atom stereocenters. The van der Waals surface area contributed by atoms with Crippen molar-refractivity contribution in [3.63, 3.8) is 0 Å². The van der Waals surface area contributed by atoms with Crippen LogP contribution in [-0.2, 0) is 0 Å². The molecule has 0 atom stereocenters. The molecule has 0 spiro atoms. The second-order valence-electron chi connectivity index (χ2n) is 9.76. The number of benzene rings is 5. The van der Waals surface area contributed by atoms with Crippen molar-refractivity contribution in [1.29, 1.82) is 0 Å². The van der Waals surface area contributed by atoms with Gasteiger partial charge < -0.3 is 4.57 Å². The molecule has 6 aromatic rings. The van der Waals surface area contributed by atoms with E-state index in [2.05, 4.69) is 152 Å². The zero-order valence-corrected chi connectivity index (χ0v) is 22.4. The smallest absolute Gasteiger partial charge is 0.0619 e. The van der Waals surface area contributed by atoms with Gasteiger partial charge in [0.2, 0.25) is 0 Å². The van der Waals surface area contributed by atoms with E-state index < -0.39 is 0 Å². The number of fused-ring (bicyclic) bond motifs is 5. The van der Waals surface area contributed by atoms with E-state index in [0.717, 1.165) is 16.8 Å². The van der Waals surface area contributed by atoms with Crippen LogP contribution in [0.2, 0.25) is 0 Å². The Balaban J connectivity index is 1.67. The van der Waals surface area contributed by atoms with Crippen LogP contribution < -0.4 is 0 Å². The van der Waals surface area contributed by atoms with E-state index in [-0.39, 0.29) is 0 Å². The van der Waals surface area contributed by atoms with Gasteiger partial charge in [-0.15, -0.1) is 0 Å². The van der Waals surface area contributed by atoms with Gasteiger partial charge in [-0.2, -0.15) is 0 Å². The van der Waals surface area contributed by atoms with Gasteiger partial charge in [0, 0.05) is 21.8 Å². The Morgan fingerprint density at radius 3 is 2.13 bits per heavy atom. The summed E-state index contributed by atoms with van der Waals surface area (Å²) in [5, 5.41) is 5.00. The highest BCUT2D eigenvalue weighted by molar-refractivity contribution is 6.19. The monoisotopic (exact) mass is 501 g/mol. The normalized spacial score (nSPS) is 12.7. The zero-order chi connectivity index (χ0) is 26.8. The van der Waals surface area contributed by atoms with Crippen molar-refractivity contribution in [2.24, 2.45) is 0 Å². The molecule has 1 heterocycles. The second kappa shape index (κ2) is 10.5. The van der Waals surface area contributed by atoms with E-state index in [1.54, 1.807) is 0 Å². The lowest BCUT2D eigenvalue weighted by atomic mass is 9.98. The SMILES string of the molecule is C=CC(=C\C)/C=C(\C=C/C)c1ccc2c3ccc4cc(-c5ccccc5)ccc4c3n(-c3ccccc3)c2c1. The zero-order valence-electron chi connectivity index (χ0n) is 22.4. The van der Waals surface area contributed by atoms with Crippen molar-refractivity contribution in [3.8, 4) is 16.8 Å². The van der Waals surface area contributed by atoms with Gasteiger partial charge in [-0.25, -0.2) is 0 Å². The third-order valence-electron chi connectivity index (χ3n) is 7.44. The first-order valence-electron chi connectivity index (χ1n) is 13.5. The second-order valence-corrected chi connectivity index (χ2v) is 9.76. The lowest BCUT2D eigenvalue weighted by Gasteiger charge is -2.11. The summed E-state index contributed by atoms with van der Waals surface area (Å²) in [6.07, 6.45) is 10.5. The molecular formula is C38H31N. The lowest BCUT2D eigenvalue weighted by Crippen LogP contribution is -1.95. The van der Waals surface area contributed by atoms with Gasteiger partial charge in [-0.05, 0) is 77.4 Å². The molecule has 6 rings (SSSR count). The summed E-state index contributed by atoms with van der Waals surface area (Å²) in [5.41, 5.74) is 9.50. The van der Waals surface area contributed by atoms with Gasteiger partial charge in [0.05, 0.1) is 11.0 Å². The molecule has 0 N–H and O–H groups in total. The van der Waals surface area contributed by atoms with Crippen LogP contribution in [0.1, 0.15) is 19.4 Å². The first-order valence-corrected chi connectivity index (χ1v) is 13.5. The molecule has 0 bridgehead atoms. The van der Waals surface area contributed by atoms with E-state index >= 15 is 0 Å². The first-order chi connectivity index (χ1) is 19.2. The number of nitrogens with zero attached hydrogens (tertiary/aromatic N) is 1. The molecule has 0 radical (unpaired) electrons. The molecule has 0 aliphatic carbocycles. The molecule has 0 fully saturated rings. The Bertz CT molecular complexity index is 1910. The highest BCUT2D eigenvalue weighted by Gasteiger charge is 2.16. The topological polar surface area (TPSA) is 4.93 Å². The Morgan fingerprint density at radius 1 is 0.692 bits per heavy atom. The molecule has 1 heteroatoms. The van der Waals surface area contributed by atoms with Gasteiger partial charge in [0.25, 0.3) is 0 Å². The van der Waals surface area contributed by atoms with Crippen molar-refractivity contribution < 1.29 is 0 Å². The standard InChI is InChI=1S/C38H31N/c1-4-13-29(24-27(5-2)6-3)31-19-22-35-36-23-20-32-25-30(28-14-9-7-10-15-28)18-21-34(32)38(36)39(37(35)26-31)33-16-11-8-12-17-33/h4-26H,2H2,1,3H3/b13-4-,27-6+,29-24+. The molecule has 0 saturated carbocycles. The Labute approximate surface area is 230 Å². The minimum atomic E-state index is 1.10. The maximum atomic E-state index is 3.98. The van der Waals surface area contributed by atoms with Gasteiger partial charge in [-0.3, -0.25) is 0 Å². The Morgan fingerprint density at radius 2 is 1.41 bits per heavy atom. The average molecular weight is 502 g/mol. The number of hydrogen-bond acceptors (Lipinski definition) is 0. The molecule has 0 amide bonds. The number of aromatic nitrogens is 1. The quantitative estimate of drug-likeness (QED) is 0.200. The van der Waals surface area contributed by atoms with Crippen molar-refractivity contribution in [3.05, 3.63) is 157 Å². The fraction of sp³-hybridized carbons (Fsp3) is 0.0526. The highest BCUT2D eigenvalue weighted by Crippen LogP contribution is 2.39. The van der Waals surface area contributed by atoms with Gasteiger partial charge in [0.1, 0.15) is 0 Å². The van der Waals surface area contributed by atoms with Crippen LogP contribution in [0, 0.1) is 0 Å². The minimum absolute atomic E-state index is 1.10.